The molecule has 0 amide bonds. The van der Waals surface area contributed by atoms with Crippen LogP contribution in [0.3, 0.4) is 0 Å². The average molecular weight is 259 g/mol. The molecule has 1 aliphatic heterocycles. The predicted octanol–water partition coefficient (Wildman–Crippen LogP) is 2.44. The number of nitrogens with zero attached hydrogens (tertiary/aromatic N) is 2. The van der Waals surface area contributed by atoms with Crippen LogP contribution in [-0.4, -0.2) is 16.5 Å². The molecule has 6 heteroatoms. The van der Waals surface area contributed by atoms with Crippen LogP contribution in [-0.2, 0) is 24.6 Å². The first-order valence-electron chi connectivity index (χ1n) is 5.88. The second-order valence-electron chi connectivity index (χ2n) is 5.50. The van der Waals surface area contributed by atoms with Crippen LogP contribution in [0.15, 0.2) is 0 Å². The molecule has 0 unspecified atom stereocenters. The van der Waals surface area contributed by atoms with Crippen molar-refractivity contribution in [1.82, 2.24) is 15.3 Å². The standard InChI is InChI=1S/C12H16F3N3/c1-11(2,3)10-17-8-4-5-16-6-7(8)9(18-10)12(13,14)15/h16H,4-6H2,1-3H3. The van der Waals surface area contributed by atoms with E-state index in [9.17, 15) is 13.2 Å². The highest BCUT2D eigenvalue weighted by molar-refractivity contribution is 5.31. The normalized spacial score (nSPS) is 16.6. The summed E-state index contributed by atoms with van der Waals surface area (Å²) in [5, 5.41) is 2.93. The van der Waals surface area contributed by atoms with E-state index < -0.39 is 17.3 Å². The molecule has 0 bridgehead atoms. The van der Waals surface area contributed by atoms with Gasteiger partial charge in [-0.15, -0.1) is 0 Å². The Labute approximate surface area is 104 Å². The fourth-order valence-electron chi connectivity index (χ4n) is 1.91. The highest BCUT2D eigenvalue weighted by Crippen LogP contribution is 2.34. The number of alkyl halides is 3. The molecule has 0 fully saturated rings. The molecule has 0 atom stereocenters. The van der Waals surface area contributed by atoms with Gasteiger partial charge in [0, 0.05) is 30.5 Å². The van der Waals surface area contributed by atoms with Crippen molar-refractivity contribution in [3.8, 4) is 0 Å². The van der Waals surface area contributed by atoms with Gasteiger partial charge in [-0.1, -0.05) is 20.8 Å². The van der Waals surface area contributed by atoms with Crippen LogP contribution in [0.2, 0.25) is 0 Å². The van der Waals surface area contributed by atoms with Crippen LogP contribution in [0, 0.1) is 0 Å². The van der Waals surface area contributed by atoms with Gasteiger partial charge in [0.25, 0.3) is 0 Å². The van der Waals surface area contributed by atoms with Crippen molar-refractivity contribution in [2.24, 2.45) is 0 Å². The Morgan fingerprint density at radius 3 is 2.33 bits per heavy atom. The molecule has 0 saturated heterocycles. The van der Waals surface area contributed by atoms with Crippen LogP contribution >= 0.6 is 0 Å². The van der Waals surface area contributed by atoms with E-state index in [1.807, 2.05) is 20.8 Å². The molecular formula is C12H16F3N3. The second kappa shape index (κ2) is 4.19. The maximum Gasteiger partial charge on any atom is 0.433 e. The zero-order valence-corrected chi connectivity index (χ0v) is 10.6. The van der Waals surface area contributed by atoms with Crippen molar-refractivity contribution in [3.05, 3.63) is 22.8 Å². The topological polar surface area (TPSA) is 37.8 Å². The minimum Gasteiger partial charge on any atom is -0.312 e. The molecule has 2 rings (SSSR count). The zero-order chi connectivity index (χ0) is 13.6. The number of rotatable bonds is 0. The molecular weight excluding hydrogens is 243 g/mol. The monoisotopic (exact) mass is 259 g/mol. The van der Waals surface area contributed by atoms with E-state index >= 15 is 0 Å². The second-order valence-corrected chi connectivity index (χ2v) is 5.50. The lowest BCUT2D eigenvalue weighted by molar-refractivity contribution is -0.142. The van der Waals surface area contributed by atoms with E-state index in [0.717, 1.165) is 0 Å². The smallest absolute Gasteiger partial charge is 0.312 e. The average Bonchev–Trinajstić information content (AvgIpc) is 2.25. The van der Waals surface area contributed by atoms with Gasteiger partial charge in [-0.2, -0.15) is 13.2 Å². The van der Waals surface area contributed by atoms with E-state index in [2.05, 4.69) is 15.3 Å². The maximum atomic E-state index is 13.0. The van der Waals surface area contributed by atoms with E-state index in [1.54, 1.807) is 0 Å². The Morgan fingerprint density at radius 1 is 1.11 bits per heavy atom. The predicted molar refractivity (Wildman–Crippen MR) is 61.1 cm³/mol. The molecule has 100 valence electrons. The summed E-state index contributed by atoms with van der Waals surface area (Å²) in [6, 6.07) is 0. The molecule has 0 radical (unpaired) electrons. The minimum atomic E-state index is -4.42. The molecule has 0 aliphatic carbocycles. The molecule has 3 nitrogen and oxygen atoms in total. The van der Waals surface area contributed by atoms with Gasteiger partial charge in [0.05, 0.1) is 5.69 Å². The van der Waals surface area contributed by atoms with Crippen LogP contribution in [0.4, 0.5) is 13.2 Å². The SMILES string of the molecule is CC(C)(C)c1nc2c(c(C(F)(F)F)n1)CNCC2. The van der Waals surface area contributed by atoms with Crippen LogP contribution in [0.1, 0.15) is 43.5 Å². The van der Waals surface area contributed by atoms with E-state index in [-0.39, 0.29) is 17.9 Å². The van der Waals surface area contributed by atoms with Gasteiger partial charge in [-0.3, -0.25) is 0 Å². The van der Waals surface area contributed by atoms with Gasteiger partial charge < -0.3 is 5.32 Å². The maximum absolute atomic E-state index is 13.0. The van der Waals surface area contributed by atoms with Gasteiger partial charge in [0.15, 0.2) is 5.69 Å². The van der Waals surface area contributed by atoms with Gasteiger partial charge in [-0.05, 0) is 0 Å². The van der Waals surface area contributed by atoms with E-state index in [0.29, 0.717) is 18.7 Å². The van der Waals surface area contributed by atoms with Crippen molar-refractivity contribution in [1.29, 1.82) is 0 Å². The first-order valence-corrected chi connectivity index (χ1v) is 5.88. The molecule has 1 aliphatic rings. The summed E-state index contributed by atoms with van der Waals surface area (Å²) in [7, 11) is 0. The summed E-state index contributed by atoms with van der Waals surface area (Å²) in [5.74, 6) is 0.260. The Kier molecular flexibility index (Phi) is 3.09. The summed E-state index contributed by atoms with van der Waals surface area (Å²) in [5.41, 5.74) is -0.549. The first kappa shape index (κ1) is 13.3. The third kappa shape index (κ3) is 2.48. The number of fused-ring (bicyclic) bond motifs is 1. The van der Waals surface area contributed by atoms with Crippen LogP contribution in [0.5, 0.6) is 0 Å². The van der Waals surface area contributed by atoms with Crippen LogP contribution in [0.25, 0.3) is 0 Å². The number of aromatic nitrogens is 2. The molecule has 0 saturated carbocycles. The third-order valence-corrected chi connectivity index (χ3v) is 2.87. The highest BCUT2D eigenvalue weighted by Gasteiger charge is 2.38. The molecule has 1 aromatic rings. The van der Waals surface area contributed by atoms with Crippen molar-refractivity contribution in [3.63, 3.8) is 0 Å². The summed E-state index contributed by atoms with van der Waals surface area (Å²) in [4.78, 5) is 8.06. The van der Waals surface area contributed by atoms with Crippen molar-refractivity contribution < 1.29 is 13.2 Å². The van der Waals surface area contributed by atoms with Crippen molar-refractivity contribution >= 4 is 0 Å². The molecule has 18 heavy (non-hydrogen) atoms. The number of halogens is 3. The van der Waals surface area contributed by atoms with Crippen LogP contribution < -0.4 is 5.32 Å². The Bertz CT molecular complexity index is 461. The lowest BCUT2D eigenvalue weighted by Gasteiger charge is -2.25. The molecule has 0 aromatic carbocycles. The number of nitrogens with one attached hydrogen (secondary N) is 1. The minimum absolute atomic E-state index is 0.189. The fourth-order valence-corrected chi connectivity index (χ4v) is 1.91. The van der Waals surface area contributed by atoms with Crippen molar-refractivity contribution in [2.45, 2.75) is 45.3 Å². The van der Waals surface area contributed by atoms with Crippen molar-refractivity contribution in [2.75, 3.05) is 6.54 Å². The molecule has 2 heterocycles. The Morgan fingerprint density at radius 2 is 1.78 bits per heavy atom. The fraction of sp³-hybridized carbons (Fsp3) is 0.667. The lowest BCUT2D eigenvalue weighted by atomic mass is 9.94. The third-order valence-electron chi connectivity index (χ3n) is 2.87. The molecule has 1 N–H and O–H groups in total. The molecule has 1 aromatic heterocycles. The number of hydrogen-bond acceptors (Lipinski definition) is 3. The lowest BCUT2D eigenvalue weighted by Crippen LogP contribution is -2.31. The Balaban J connectivity index is 2.63. The Hall–Kier alpha value is -1.17. The zero-order valence-electron chi connectivity index (χ0n) is 10.6. The van der Waals surface area contributed by atoms with E-state index in [1.165, 1.54) is 0 Å². The van der Waals surface area contributed by atoms with Gasteiger partial charge in [0.2, 0.25) is 0 Å². The summed E-state index contributed by atoms with van der Waals surface area (Å²) in [6.45, 7) is 6.29. The van der Waals surface area contributed by atoms with Gasteiger partial charge in [0.1, 0.15) is 5.82 Å². The largest absolute Gasteiger partial charge is 0.433 e. The number of hydrogen-bond donors (Lipinski definition) is 1. The first-order chi connectivity index (χ1) is 8.19. The highest BCUT2D eigenvalue weighted by atomic mass is 19.4. The summed E-state index contributed by atoms with van der Waals surface area (Å²) < 4.78 is 39.1. The van der Waals surface area contributed by atoms with E-state index in [4.69, 9.17) is 0 Å². The quantitative estimate of drug-likeness (QED) is 0.777. The summed E-state index contributed by atoms with van der Waals surface area (Å²) in [6.07, 6.45) is -3.91. The summed E-state index contributed by atoms with van der Waals surface area (Å²) >= 11 is 0. The van der Waals surface area contributed by atoms with Gasteiger partial charge in [-0.25, -0.2) is 9.97 Å². The molecule has 0 spiro atoms. The van der Waals surface area contributed by atoms with Gasteiger partial charge >= 0.3 is 6.18 Å².